The molecule has 566 valence electrons. The van der Waals surface area contributed by atoms with Crippen LogP contribution in [-0.2, 0) is 56.1 Å². The Morgan fingerprint density at radius 2 is 0.901 bits per heavy atom. The Bertz CT molecular complexity index is 5440. The van der Waals surface area contributed by atoms with Gasteiger partial charge >= 0.3 is 35.0 Å². The highest BCUT2D eigenvalue weighted by Crippen LogP contribution is 2.44. The number of carbonyl (C=O) groups excluding carboxylic acids is 3. The first kappa shape index (κ1) is 80.8. The molecule has 0 bridgehead atoms. The molecule has 0 spiro atoms. The molecule has 11 aromatic rings. The molecule has 14 N–H and O–H groups in total. The maximum Gasteiger partial charge on any atom is 0.335 e. The number of benzene rings is 10. The van der Waals surface area contributed by atoms with Crippen molar-refractivity contribution in [2.24, 2.45) is 0 Å². The predicted molar refractivity (Wildman–Crippen MR) is 401 cm³/mol. The summed E-state index contributed by atoms with van der Waals surface area (Å²) in [5.41, 5.74) is 7.34. The fourth-order valence-electron chi connectivity index (χ4n) is 11.0. The van der Waals surface area contributed by atoms with Gasteiger partial charge in [0.25, 0.3) is 5.69 Å². The number of hydrogen-bond acceptors (Lipinski definition) is 23. The first-order valence-electron chi connectivity index (χ1n) is 32.6. The smallest absolute Gasteiger partial charge is 0.335 e. The first-order chi connectivity index (χ1) is 52.7. The summed E-state index contributed by atoms with van der Waals surface area (Å²) >= 11 is 0. The number of nitro benzene ring substituents is 4. The van der Waals surface area contributed by atoms with Gasteiger partial charge in [-0.25, -0.2) is 4.79 Å². The van der Waals surface area contributed by atoms with E-state index in [0.29, 0.717) is 55.9 Å². The molecule has 10 aromatic carbocycles. The minimum atomic E-state index is -1.16. The topological polar surface area (TPSA) is 546 Å². The first-order valence-corrected chi connectivity index (χ1v) is 32.6. The van der Waals surface area contributed by atoms with E-state index < -0.39 is 125 Å². The average Bonchev–Trinajstić information content (AvgIpc) is 0.804. The normalized spacial score (nSPS) is 10.4. The Hall–Kier alpha value is -15.8. The molecule has 0 aliphatic heterocycles. The van der Waals surface area contributed by atoms with E-state index in [-0.39, 0.29) is 60.4 Å². The van der Waals surface area contributed by atoms with E-state index in [2.05, 4.69) is 20.9 Å². The summed E-state index contributed by atoms with van der Waals surface area (Å²) in [6.45, 7) is 2.03. The minimum Gasteiger partial charge on any atom is -0.504 e. The SMILES string of the molecule is Cc1ccccc1-c1ccc(-c2ccc([N+](=O)[O-])c(O)c2O)cc1.O=C(Cc1cc([N+](=O)[O-])cc(O)c1O)Nc1cccc(C(=O)O)c1.O=C(O)Cc1cccc(-c2ccccc2NC(=O)CCc2cc(O)c(O)c([N+](=O)[O-])c2)c1.O=C(O)Cc1cccc(-c2ccncc2NC(=O)Cc2cc(O)c(O)c([N+](=O)[O-])c2)c1. The fourth-order valence-corrected chi connectivity index (χ4v) is 11.0. The van der Waals surface area contributed by atoms with Crippen LogP contribution in [0.5, 0.6) is 46.0 Å². The van der Waals surface area contributed by atoms with Gasteiger partial charge in [0.2, 0.25) is 35.0 Å². The van der Waals surface area contributed by atoms with Crippen LogP contribution in [0.25, 0.3) is 44.5 Å². The fraction of sp³-hybridized carbons (Fsp3) is 0.0897. The highest BCUT2D eigenvalue weighted by molar-refractivity contribution is 5.98. The third-order valence-electron chi connectivity index (χ3n) is 16.2. The van der Waals surface area contributed by atoms with Gasteiger partial charge in [0.05, 0.1) is 68.9 Å². The standard InChI is InChI=1S/C23H20N2O7.C21H17N3O7.C19H15NO4.C15H12N2O7/c26-20-12-15(11-19(23(20)30)25(31)32)8-9-21(27)24-18-7-2-1-6-17(18)16-5-3-4-14(10-16)13-22(28)29;25-18-8-13(7-17(21(18)29)24(30)31)9-19(26)23-16-11-22-5-4-15(16)14-3-1-2-12(6-14)10-20(27)28;1-12-4-2-3-5-15(12)13-6-8-14(9-7-13)16-10-11-17(20(23)24)19(22)18(16)21;18-12-7-11(17(23)24)5-9(14(12)20)6-13(19)16-10-3-1-2-8(4-10)15(21)22/h1-7,10-12,26,30H,8-9,13H2,(H,24,27)(H,28,29);1-8,11,25,29H,9-10H2,(H,23,26)(H,27,28);2-11,21-22H,1H3;1-5,7,18,20H,6H2,(H,16,19)(H,21,22). The summed E-state index contributed by atoms with van der Waals surface area (Å²) in [5, 5.41) is 156. The van der Waals surface area contributed by atoms with Crippen LogP contribution in [0.2, 0.25) is 0 Å². The molecule has 1 aromatic heterocycles. The Morgan fingerprint density at radius 1 is 0.387 bits per heavy atom. The van der Waals surface area contributed by atoms with Crippen LogP contribution in [0.4, 0.5) is 39.8 Å². The molecule has 3 amide bonds. The quantitative estimate of drug-likeness (QED) is 0.0161. The van der Waals surface area contributed by atoms with Crippen molar-refractivity contribution in [1.82, 2.24) is 4.98 Å². The largest absolute Gasteiger partial charge is 0.504 e. The molecule has 0 aliphatic carbocycles. The number of carboxylic acid groups (broad SMARTS) is 3. The minimum absolute atomic E-state index is 0.0191. The molecule has 1 heterocycles. The van der Waals surface area contributed by atoms with Gasteiger partial charge in [-0.15, -0.1) is 0 Å². The van der Waals surface area contributed by atoms with Gasteiger partial charge in [-0.1, -0.05) is 121 Å². The van der Waals surface area contributed by atoms with Crippen molar-refractivity contribution in [3.8, 4) is 90.5 Å². The van der Waals surface area contributed by atoms with Crippen LogP contribution in [-0.4, -0.2) is 116 Å². The Kier molecular flexibility index (Phi) is 26.8. The number of rotatable bonds is 23. The van der Waals surface area contributed by atoms with Gasteiger partial charge in [0.1, 0.15) is 0 Å². The number of carbonyl (C=O) groups is 6. The van der Waals surface area contributed by atoms with Crippen molar-refractivity contribution in [1.29, 1.82) is 0 Å². The van der Waals surface area contributed by atoms with Crippen LogP contribution in [0.15, 0.2) is 213 Å². The van der Waals surface area contributed by atoms with E-state index in [4.69, 9.17) is 15.3 Å². The van der Waals surface area contributed by atoms with Gasteiger partial charge in [-0.3, -0.25) is 69.4 Å². The van der Waals surface area contributed by atoms with E-state index in [1.807, 2.05) is 61.5 Å². The highest BCUT2D eigenvalue weighted by atomic mass is 16.6. The highest BCUT2D eigenvalue weighted by Gasteiger charge is 2.25. The second-order valence-electron chi connectivity index (χ2n) is 24.1. The molecular weight excluding hydrogens is 1450 g/mol. The maximum atomic E-state index is 12.5. The summed E-state index contributed by atoms with van der Waals surface area (Å²) in [6.07, 6.45) is 2.02. The number of non-ortho nitro benzene ring substituents is 1. The number of aliphatic carboxylic acids is 2. The Labute approximate surface area is 626 Å². The van der Waals surface area contributed by atoms with Gasteiger partial charge in [0.15, 0.2) is 28.7 Å². The molecule has 111 heavy (non-hydrogen) atoms. The lowest BCUT2D eigenvalue weighted by molar-refractivity contribution is -0.386. The van der Waals surface area contributed by atoms with Crippen LogP contribution in [0.1, 0.15) is 50.2 Å². The molecule has 0 fully saturated rings. The third-order valence-corrected chi connectivity index (χ3v) is 16.2. The zero-order chi connectivity index (χ0) is 80.9. The number of aromatic nitrogens is 1. The number of phenols is 8. The zero-order valence-corrected chi connectivity index (χ0v) is 57.8. The zero-order valence-electron chi connectivity index (χ0n) is 57.8. The molecule has 0 unspecified atom stereocenters. The number of hydrogen-bond donors (Lipinski definition) is 14. The maximum absolute atomic E-state index is 12.5. The number of carboxylic acids is 3. The number of amides is 3. The number of pyridine rings is 1. The number of aromatic hydroxyl groups is 8. The van der Waals surface area contributed by atoms with Gasteiger partial charge in [-0.05, 0) is 118 Å². The van der Waals surface area contributed by atoms with Crippen molar-refractivity contribution in [2.45, 2.75) is 45.4 Å². The van der Waals surface area contributed by atoms with Gasteiger partial charge < -0.3 is 72.1 Å². The number of nitrogens with one attached hydrogen (secondary N) is 3. The lowest BCUT2D eigenvalue weighted by Gasteiger charge is -2.12. The lowest BCUT2D eigenvalue weighted by Crippen LogP contribution is -2.15. The second kappa shape index (κ2) is 36.7. The van der Waals surface area contributed by atoms with Crippen LogP contribution < -0.4 is 16.0 Å². The van der Waals surface area contributed by atoms with Crippen molar-refractivity contribution >= 4 is 75.4 Å². The number of aromatic carboxylic acids is 1. The summed E-state index contributed by atoms with van der Waals surface area (Å²) in [5.74, 6) is -10.2. The summed E-state index contributed by atoms with van der Waals surface area (Å²) < 4.78 is 0. The Balaban J connectivity index is 0.000000187. The number of para-hydroxylation sites is 1. The number of nitro groups is 4. The van der Waals surface area contributed by atoms with E-state index >= 15 is 0 Å². The Morgan fingerprint density at radius 3 is 1.47 bits per heavy atom. The van der Waals surface area contributed by atoms with E-state index in [0.717, 1.165) is 52.6 Å². The third kappa shape index (κ3) is 21.9. The van der Waals surface area contributed by atoms with Crippen LogP contribution in [0.3, 0.4) is 0 Å². The predicted octanol–water partition coefficient (Wildman–Crippen LogP) is 13.3. The van der Waals surface area contributed by atoms with Crippen molar-refractivity contribution < 1.29 is 105 Å². The number of anilines is 3. The molecule has 0 atom stereocenters. The average molecular weight is 1510 g/mol. The summed E-state index contributed by atoms with van der Waals surface area (Å²) in [6, 6.07) is 52.3. The van der Waals surface area contributed by atoms with Crippen molar-refractivity contribution in [3.63, 3.8) is 0 Å². The van der Waals surface area contributed by atoms with Gasteiger partial charge in [0, 0.05) is 70.5 Å². The molecule has 11 rings (SSSR count). The molecule has 33 nitrogen and oxygen atoms in total. The van der Waals surface area contributed by atoms with Crippen molar-refractivity contribution in [2.75, 3.05) is 16.0 Å². The molecule has 0 aliphatic rings. The summed E-state index contributed by atoms with van der Waals surface area (Å²) in [4.78, 5) is 114. The van der Waals surface area contributed by atoms with E-state index in [1.165, 1.54) is 54.9 Å². The number of aryl methyl sites for hydroxylation is 2. The molecule has 33 heteroatoms. The molecule has 0 saturated heterocycles. The molecule has 0 radical (unpaired) electrons. The molecular formula is C78H64N8O25. The lowest BCUT2D eigenvalue weighted by atomic mass is 9.97. The number of phenolic OH excluding ortho intramolecular Hbond substituents is 8. The van der Waals surface area contributed by atoms with Crippen molar-refractivity contribution in [3.05, 3.63) is 292 Å². The second-order valence-corrected chi connectivity index (χ2v) is 24.1. The van der Waals surface area contributed by atoms with Crippen LogP contribution >= 0.6 is 0 Å². The van der Waals surface area contributed by atoms with E-state index in [9.17, 15) is 110 Å². The number of nitrogens with zero attached hydrogens (tertiary/aromatic N) is 5. The molecule has 0 saturated carbocycles. The van der Waals surface area contributed by atoms with Gasteiger partial charge in [-0.2, -0.15) is 0 Å². The monoisotopic (exact) mass is 1510 g/mol. The summed E-state index contributed by atoms with van der Waals surface area (Å²) in [7, 11) is 0. The van der Waals surface area contributed by atoms with E-state index in [1.54, 1.807) is 72.8 Å². The van der Waals surface area contributed by atoms with Crippen LogP contribution in [0, 0.1) is 47.4 Å².